The number of benzene rings is 1. The summed E-state index contributed by atoms with van der Waals surface area (Å²) in [6.45, 7) is 0. The van der Waals surface area contributed by atoms with Gasteiger partial charge in [0.15, 0.2) is 22.9 Å². The van der Waals surface area contributed by atoms with Crippen LogP contribution >= 0.6 is 0 Å². The molecule has 9 heteroatoms. The van der Waals surface area contributed by atoms with Crippen LogP contribution in [0.1, 0.15) is 20.8 Å². The number of aromatic hydroxyl groups is 1. The summed E-state index contributed by atoms with van der Waals surface area (Å²) in [4.78, 5) is 26.2. The van der Waals surface area contributed by atoms with Crippen molar-refractivity contribution in [3.63, 3.8) is 0 Å². The maximum absolute atomic E-state index is 11.3. The van der Waals surface area contributed by atoms with Crippen LogP contribution < -0.4 is 5.73 Å². The number of carbonyl (C=O) groups is 2. The topological polar surface area (TPSA) is 143 Å². The molecular weight excluding hydrogens is 314 g/mol. The number of rotatable bonds is 4. The summed E-state index contributed by atoms with van der Waals surface area (Å²) < 4.78 is 1.32. The van der Waals surface area contributed by atoms with E-state index >= 15 is 0 Å². The molecule has 1 amide bonds. The summed E-state index contributed by atoms with van der Waals surface area (Å²) in [5, 5.41) is 26.9. The normalized spacial score (nSPS) is 11.2. The molecule has 0 saturated heterocycles. The predicted molar refractivity (Wildman–Crippen MR) is 83.0 cm³/mol. The molecule has 0 radical (unpaired) electrons. The Kier molecular flexibility index (Phi) is 3.66. The molecule has 0 saturated carbocycles. The third-order valence-electron chi connectivity index (χ3n) is 3.22. The number of primary amides is 1. The highest BCUT2D eigenvalue weighted by molar-refractivity contribution is 5.93. The van der Waals surface area contributed by atoms with Crippen molar-refractivity contribution in [1.29, 1.82) is 0 Å². The first-order valence-electron chi connectivity index (χ1n) is 6.72. The first-order chi connectivity index (χ1) is 11.5. The summed E-state index contributed by atoms with van der Waals surface area (Å²) in [7, 11) is 0. The van der Waals surface area contributed by atoms with Crippen molar-refractivity contribution in [2.24, 2.45) is 16.0 Å². The monoisotopic (exact) mass is 325 g/mol. The van der Waals surface area contributed by atoms with Crippen LogP contribution in [0.3, 0.4) is 0 Å². The number of hydrogen-bond donors (Lipinski definition) is 3. The lowest BCUT2D eigenvalue weighted by atomic mass is 10.2. The third kappa shape index (κ3) is 2.65. The zero-order chi connectivity index (χ0) is 17.3. The van der Waals surface area contributed by atoms with Gasteiger partial charge in [-0.2, -0.15) is 0 Å². The van der Waals surface area contributed by atoms with Gasteiger partial charge in [0.1, 0.15) is 0 Å². The van der Waals surface area contributed by atoms with Gasteiger partial charge in [-0.15, -0.1) is 10.2 Å². The Bertz CT molecular complexity index is 975. The predicted octanol–water partition coefficient (Wildman–Crippen LogP) is 2.25. The van der Waals surface area contributed by atoms with Crippen molar-refractivity contribution in [1.82, 2.24) is 9.38 Å². The molecule has 0 aliphatic carbocycles. The Labute approximate surface area is 134 Å². The molecule has 3 aromatic rings. The third-order valence-corrected chi connectivity index (χ3v) is 3.22. The molecule has 0 fully saturated rings. The van der Waals surface area contributed by atoms with Crippen LogP contribution in [0.15, 0.2) is 52.8 Å². The smallest absolute Gasteiger partial charge is 0.358 e. The Morgan fingerprint density at radius 1 is 1.12 bits per heavy atom. The fourth-order valence-corrected chi connectivity index (χ4v) is 2.08. The van der Waals surface area contributed by atoms with Gasteiger partial charge in [0, 0.05) is 11.8 Å². The van der Waals surface area contributed by atoms with Gasteiger partial charge in [0.05, 0.1) is 5.69 Å². The Balaban J connectivity index is 2.05. The summed E-state index contributed by atoms with van der Waals surface area (Å²) in [6, 6.07) is 8.91. The van der Waals surface area contributed by atoms with Gasteiger partial charge in [0.2, 0.25) is 5.91 Å². The van der Waals surface area contributed by atoms with Crippen molar-refractivity contribution < 1.29 is 19.8 Å². The Morgan fingerprint density at radius 2 is 1.83 bits per heavy atom. The second kappa shape index (κ2) is 5.80. The van der Waals surface area contributed by atoms with Crippen LogP contribution in [0, 0.1) is 0 Å². The Hall–Kier alpha value is -3.75. The van der Waals surface area contributed by atoms with Crippen molar-refractivity contribution in [3.8, 4) is 5.75 Å². The molecule has 2 aromatic heterocycles. The molecule has 0 spiro atoms. The second-order valence-corrected chi connectivity index (χ2v) is 4.79. The van der Waals surface area contributed by atoms with Gasteiger partial charge < -0.3 is 15.9 Å². The number of aromatic nitrogens is 2. The summed E-state index contributed by atoms with van der Waals surface area (Å²) in [5.41, 5.74) is 5.59. The molecule has 3 rings (SSSR count). The van der Waals surface area contributed by atoms with E-state index in [2.05, 4.69) is 15.2 Å². The van der Waals surface area contributed by atoms with Gasteiger partial charge in [-0.25, -0.2) is 9.78 Å². The fourth-order valence-electron chi connectivity index (χ4n) is 2.08. The van der Waals surface area contributed by atoms with Gasteiger partial charge in [-0.05, 0) is 36.4 Å². The number of carbonyl (C=O) groups excluding carboxylic acids is 1. The van der Waals surface area contributed by atoms with Crippen LogP contribution in [0.4, 0.5) is 11.5 Å². The molecule has 120 valence electrons. The standard InChI is InChI=1S/C15H11N5O4/c16-12(22)8-3-5-9(6-4-8)18-19-14-11(15(23)24)17-13-10(21)2-1-7-20(13)14/h1-7,21H,(H2,16,22)(H,23,24). The van der Waals surface area contributed by atoms with Gasteiger partial charge >= 0.3 is 5.97 Å². The molecule has 0 unspecified atom stereocenters. The average molecular weight is 325 g/mol. The molecule has 1 aromatic carbocycles. The number of aromatic carboxylic acids is 1. The number of carboxylic acid groups (broad SMARTS) is 1. The molecule has 0 bridgehead atoms. The maximum Gasteiger partial charge on any atom is 0.358 e. The molecule has 0 atom stereocenters. The lowest BCUT2D eigenvalue weighted by Crippen LogP contribution is -2.10. The lowest BCUT2D eigenvalue weighted by molar-refractivity contribution is 0.0692. The first kappa shape index (κ1) is 15.2. The van der Waals surface area contributed by atoms with Gasteiger partial charge in [-0.3, -0.25) is 9.20 Å². The molecule has 24 heavy (non-hydrogen) atoms. The van der Waals surface area contributed by atoms with Crippen LogP contribution in [0.5, 0.6) is 5.75 Å². The number of imidazole rings is 1. The van der Waals surface area contributed by atoms with E-state index in [1.165, 1.54) is 47.0 Å². The van der Waals surface area contributed by atoms with Crippen molar-refractivity contribution in [2.75, 3.05) is 0 Å². The number of amides is 1. The first-order valence-corrected chi connectivity index (χ1v) is 6.72. The zero-order valence-electron chi connectivity index (χ0n) is 12.1. The number of hydrogen-bond acceptors (Lipinski definition) is 6. The van der Waals surface area contributed by atoms with Crippen LogP contribution in [0.2, 0.25) is 0 Å². The van der Waals surface area contributed by atoms with Crippen molar-refractivity contribution in [3.05, 3.63) is 53.9 Å². The molecule has 2 heterocycles. The second-order valence-electron chi connectivity index (χ2n) is 4.79. The van der Waals surface area contributed by atoms with E-state index < -0.39 is 11.9 Å². The van der Waals surface area contributed by atoms with E-state index in [9.17, 15) is 19.8 Å². The van der Waals surface area contributed by atoms with Crippen molar-refractivity contribution >= 4 is 29.0 Å². The molecular formula is C15H11N5O4. The minimum atomic E-state index is -1.30. The van der Waals surface area contributed by atoms with E-state index in [1.807, 2.05) is 0 Å². The average Bonchev–Trinajstić information content (AvgIpc) is 2.93. The van der Waals surface area contributed by atoms with Gasteiger partial charge in [-0.1, -0.05) is 0 Å². The molecule has 9 nitrogen and oxygen atoms in total. The number of pyridine rings is 1. The van der Waals surface area contributed by atoms with E-state index in [1.54, 1.807) is 0 Å². The number of nitrogens with zero attached hydrogens (tertiary/aromatic N) is 4. The van der Waals surface area contributed by atoms with Crippen LogP contribution in [-0.4, -0.2) is 31.5 Å². The highest BCUT2D eigenvalue weighted by atomic mass is 16.4. The van der Waals surface area contributed by atoms with Crippen LogP contribution in [-0.2, 0) is 0 Å². The van der Waals surface area contributed by atoms with E-state index in [0.29, 0.717) is 11.3 Å². The van der Waals surface area contributed by atoms with E-state index in [-0.39, 0.29) is 22.9 Å². The fraction of sp³-hybridized carbons (Fsp3) is 0. The minimum Gasteiger partial charge on any atom is -0.504 e. The van der Waals surface area contributed by atoms with Crippen molar-refractivity contribution in [2.45, 2.75) is 0 Å². The summed E-state index contributed by atoms with van der Waals surface area (Å²) in [6.07, 6.45) is 1.51. The van der Waals surface area contributed by atoms with E-state index in [0.717, 1.165) is 0 Å². The Morgan fingerprint density at radius 3 is 2.46 bits per heavy atom. The molecule has 0 aliphatic rings. The van der Waals surface area contributed by atoms with Crippen LogP contribution in [0.25, 0.3) is 5.65 Å². The minimum absolute atomic E-state index is 0.0348. The lowest BCUT2D eigenvalue weighted by Gasteiger charge is -1.98. The largest absolute Gasteiger partial charge is 0.504 e. The number of azo groups is 1. The van der Waals surface area contributed by atoms with Gasteiger partial charge in [0.25, 0.3) is 0 Å². The zero-order valence-corrected chi connectivity index (χ0v) is 12.1. The van der Waals surface area contributed by atoms with E-state index in [4.69, 9.17) is 5.73 Å². The quantitative estimate of drug-likeness (QED) is 0.630. The number of carboxylic acids is 1. The number of nitrogens with two attached hydrogens (primary N) is 1. The highest BCUT2D eigenvalue weighted by Crippen LogP contribution is 2.28. The summed E-state index contributed by atoms with van der Waals surface area (Å²) >= 11 is 0. The molecule has 4 N–H and O–H groups in total. The summed E-state index contributed by atoms with van der Waals surface area (Å²) in [5.74, 6) is -2.07. The number of fused-ring (bicyclic) bond motifs is 1. The highest BCUT2D eigenvalue weighted by Gasteiger charge is 2.19. The SMILES string of the molecule is NC(=O)c1ccc(N=Nc2c(C(=O)O)nc3c(O)cccn23)cc1. The maximum atomic E-state index is 11.3. The molecule has 0 aliphatic heterocycles.